The Morgan fingerprint density at radius 3 is 2.58 bits per heavy atom. The van der Waals surface area contributed by atoms with Crippen molar-refractivity contribution in [1.82, 2.24) is 4.90 Å². The number of rotatable bonds is 4. The summed E-state index contributed by atoms with van der Waals surface area (Å²) < 4.78 is 5.86. The van der Waals surface area contributed by atoms with Crippen LogP contribution in [0.2, 0.25) is 0 Å². The van der Waals surface area contributed by atoms with Crippen LogP contribution in [0.4, 0.5) is 0 Å². The maximum atomic E-state index is 12.0. The second-order valence-corrected chi connectivity index (χ2v) is 5.39. The molecule has 0 aromatic heterocycles. The maximum absolute atomic E-state index is 12.0. The Labute approximate surface area is 115 Å². The summed E-state index contributed by atoms with van der Waals surface area (Å²) in [4.78, 5) is 13.6. The maximum Gasteiger partial charge on any atom is 0.263 e. The fourth-order valence-corrected chi connectivity index (χ4v) is 2.54. The number of hydrogen-bond donors (Lipinski definition) is 0. The smallest absolute Gasteiger partial charge is 0.263 e. The molecule has 3 nitrogen and oxygen atoms in total. The molecular formula is C16H23NO2. The van der Waals surface area contributed by atoms with Crippen LogP contribution in [-0.2, 0) is 17.6 Å². The lowest BCUT2D eigenvalue weighted by molar-refractivity contribution is -0.136. The second-order valence-electron chi connectivity index (χ2n) is 5.39. The second kappa shape index (κ2) is 6.09. The number of carbonyl (C=O) groups excluding carboxylic acids is 1. The molecule has 0 unspecified atom stereocenters. The van der Waals surface area contributed by atoms with E-state index in [0.29, 0.717) is 6.42 Å². The summed E-state index contributed by atoms with van der Waals surface area (Å²) in [6.07, 6.45) is 5.15. The van der Waals surface area contributed by atoms with Gasteiger partial charge in [-0.1, -0.05) is 13.0 Å². The van der Waals surface area contributed by atoms with Gasteiger partial charge in [-0.15, -0.1) is 0 Å². The summed E-state index contributed by atoms with van der Waals surface area (Å²) in [5.74, 6) is 0.850. The molecule has 0 radical (unpaired) electrons. The highest BCUT2D eigenvalue weighted by molar-refractivity contribution is 5.80. The van der Waals surface area contributed by atoms with Gasteiger partial charge in [0.25, 0.3) is 5.91 Å². The summed E-state index contributed by atoms with van der Waals surface area (Å²) in [5.41, 5.74) is 2.82. The Morgan fingerprint density at radius 2 is 1.95 bits per heavy atom. The Bertz CT molecular complexity index is 454. The van der Waals surface area contributed by atoms with Gasteiger partial charge in [0.2, 0.25) is 0 Å². The molecule has 0 saturated carbocycles. The fraction of sp³-hybridized carbons (Fsp3) is 0.562. The lowest BCUT2D eigenvalue weighted by atomic mass is 9.92. The van der Waals surface area contributed by atoms with Gasteiger partial charge in [-0.3, -0.25) is 4.79 Å². The van der Waals surface area contributed by atoms with Gasteiger partial charge >= 0.3 is 0 Å². The van der Waals surface area contributed by atoms with Crippen molar-refractivity contribution in [3.63, 3.8) is 0 Å². The van der Waals surface area contributed by atoms with Gasteiger partial charge in [-0.2, -0.15) is 0 Å². The average molecular weight is 261 g/mol. The molecule has 0 fully saturated rings. The molecule has 0 aliphatic heterocycles. The Hall–Kier alpha value is -1.51. The number of aryl methyl sites for hydroxylation is 2. The van der Waals surface area contributed by atoms with Crippen LogP contribution in [0.15, 0.2) is 18.2 Å². The van der Waals surface area contributed by atoms with Crippen molar-refractivity contribution < 1.29 is 9.53 Å². The molecule has 1 aromatic rings. The summed E-state index contributed by atoms with van der Waals surface area (Å²) >= 11 is 0. The molecule has 0 spiro atoms. The van der Waals surface area contributed by atoms with Gasteiger partial charge in [-0.05, 0) is 55.4 Å². The topological polar surface area (TPSA) is 29.5 Å². The predicted octanol–water partition coefficient (Wildman–Crippen LogP) is 2.81. The fourth-order valence-electron chi connectivity index (χ4n) is 2.54. The lowest BCUT2D eigenvalue weighted by Crippen LogP contribution is -2.37. The van der Waals surface area contributed by atoms with Crippen molar-refractivity contribution in [2.75, 3.05) is 14.1 Å². The Kier molecular flexibility index (Phi) is 4.46. The molecule has 1 aliphatic rings. The molecule has 0 saturated heterocycles. The van der Waals surface area contributed by atoms with E-state index >= 15 is 0 Å². The SMILES string of the molecule is CC[C@H](Oc1ccc2c(c1)CCCC2)C(=O)N(C)C. The van der Waals surface area contributed by atoms with Gasteiger partial charge in [0.15, 0.2) is 6.10 Å². The molecular weight excluding hydrogens is 238 g/mol. The number of nitrogens with zero attached hydrogens (tertiary/aromatic N) is 1. The standard InChI is InChI=1S/C16H23NO2/c1-4-15(16(18)17(2)3)19-14-10-9-12-7-5-6-8-13(12)11-14/h9-11,15H,4-8H2,1-3H3/t15-/m0/s1. The number of fused-ring (bicyclic) bond motifs is 1. The predicted molar refractivity (Wildman–Crippen MR) is 76.5 cm³/mol. The van der Waals surface area contributed by atoms with E-state index in [0.717, 1.165) is 12.2 Å². The molecule has 0 heterocycles. The summed E-state index contributed by atoms with van der Waals surface area (Å²) in [5, 5.41) is 0. The van der Waals surface area contributed by atoms with E-state index in [-0.39, 0.29) is 12.0 Å². The monoisotopic (exact) mass is 261 g/mol. The van der Waals surface area contributed by atoms with E-state index in [1.165, 1.54) is 30.4 Å². The third-order valence-electron chi connectivity index (χ3n) is 3.69. The van der Waals surface area contributed by atoms with Crippen LogP contribution in [0.5, 0.6) is 5.75 Å². The van der Waals surface area contributed by atoms with Crippen molar-refractivity contribution in [3.05, 3.63) is 29.3 Å². The minimum Gasteiger partial charge on any atom is -0.481 e. The minimum atomic E-state index is -0.378. The van der Waals surface area contributed by atoms with Crippen molar-refractivity contribution in [2.45, 2.75) is 45.1 Å². The van der Waals surface area contributed by atoms with Crippen LogP contribution in [0, 0.1) is 0 Å². The number of ether oxygens (including phenoxy) is 1. The van der Waals surface area contributed by atoms with Crippen molar-refractivity contribution >= 4 is 5.91 Å². The van der Waals surface area contributed by atoms with Crippen LogP contribution in [0.3, 0.4) is 0 Å². The molecule has 2 rings (SSSR count). The van der Waals surface area contributed by atoms with Gasteiger partial charge in [0.1, 0.15) is 5.75 Å². The first kappa shape index (κ1) is 13.9. The quantitative estimate of drug-likeness (QED) is 0.834. The zero-order valence-electron chi connectivity index (χ0n) is 12.1. The normalized spacial score (nSPS) is 15.5. The third-order valence-corrected chi connectivity index (χ3v) is 3.69. The summed E-state index contributed by atoms with van der Waals surface area (Å²) in [6.45, 7) is 1.98. The van der Waals surface area contributed by atoms with Crippen molar-refractivity contribution in [2.24, 2.45) is 0 Å². The first-order valence-corrected chi connectivity index (χ1v) is 7.11. The lowest BCUT2D eigenvalue weighted by Gasteiger charge is -2.22. The minimum absolute atomic E-state index is 0.0280. The third kappa shape index (κ3) is 3.28. The molecule has 0 N–H and O–H groups in total. The highest BCUT2D eigenvalue weighted by Crippen LogP contribution is 2.26. The van der Waals surface area contributed by atoms with Crippen LogP contribution in [-0.4, -0.2) is 31.0 Å². The number of hydrogen-bond acceptors (Lipinski definition) is 2. The first-order chi connectivity index (χ1) is 9.11. The zero-order valence-corrected chi connectivity index (χ0v) is 12.1. The highest BCUT2D eigenvalue weighted by Gasteiger charge is 2.20. The molecule has 104 valence electrons. The van der Waals surface area contributed by atoms with Crippen LogP contribution < -0.4 is 4.74 Å². The number of likely N-dealkylation sites (N-methyl/N-ethyl adjacent to an activating group) is 1. The first-order valence-electron chi connectivity index (χ1n) is 7.11. The van der Waals surface area contributed by atoms with E-state index < -0.39 is 0 Å². The molecule has 1 atom stereocenters. The van der Waals surface area contributed by atoms with Gasteiger partial charge in [0, 0.05) is 14.1 Å². The van der Waals surface area contributed by atoms with E-state index in [2.05, 4.69) is 12.1 Å². The number of benzene rings is 1. The Balaban J connectivity index is 2.11. The number of amides is 1. The van der Waals surface area contributed by atoms with Gasteiger partial charge < -0.3 is 9.64 Å². The van der Waals surface area contributed by atoms with E-state index in [4.69, 9.17) is 4.74 Å². The van der Waals surface area contributed by atoms with Crippen LogP contribution >= 0.6 is 0 Å². The molecule has 1 aromatic carbocycles. The van der Waals surface area contributed by atoms with E-state index in [1.54, 1.807) is 19.0 Å². The van der Waals surface area contributed by atoms with Gasteiger partial charge in [-0.25, -0.2) is 0 Å². The Morgan fingerprint density at radius 1 is 1.26 bits per heavy atom. The van der Waals surface area contributed by atoms with E-state index in [9.17, 15) is 4.79 Å². The highest BCUT2D eigenvalue weighted by atomic mass is 16.5. The van der Waals surface area contributed by atoms with Gasteiger partial charge in [0.05, 0.1) is 0 Å². The average Bonchev–Trinajstić information content (AvgIpc) is 2.43. The zero-order chi connectivity index (χ0) is 13.8. The molecule has 0 bridgehead atoms. The molecule has 19 heavy (non-hydrogen) atoms. The summed E-state index contributed by atoms with van der Waals surface area (Å²) in [7, 11) is 3.53. The van der Waals surface area contributed by atoms with E-state index in [1.807, 2.05) is 13.0 Å². The van der Waals surface area contributed by atoms with Crippen molar-refractivity contribution in [3.8, 4) is 5.75 Å². The van der Waals surface area contributed by atoms with Crippen LogP contribution in [0.25, 0.3) is 0 Å². The number of carbonyl (C=O) groups is 1. The largest absolute Gasteiger partial charge is 0.481 e. The molecule has 3 heteroatoms. The summed E-state index contributed by atoms with van der Waals surface area (Å²) in [6, 6.07) is 6.26. The van der Waals surface area contributed by atoms with Crippen LogP contribution in [0.1, 0.15) is 37.3 Å². The van der Waals surface area contributed by atoms with Crippen molar-refractivity contribution in [1.29, 1.82) is 0 Å². The molecule has 1 amide bonds. The molecule has 1 aliphatic carbocycles.